The van der Waals surface area contributed by atoms with E-state index in [0.717, 1.165) is 43.2 Å². The fourth-order valence-electron chi connectivity index (χ4n) is 8.25. The summed E-state index contributed by atoms with van der Waals surface area (Å²) in [6, 6.07) is 14.8. The molecule has 5 atom stereocenters. The van der Waals surface area contributed by atoms with Gasteiger partial charge in [-0.25, -0.2) is 9.78 Å². The Labute approximate surface area is 338 Å². The lowest BCUT2D eigenvalue weighted by molar-refractivity contribution is -0.138. The molecule has 57 heavy (non-hydrogen) atoms. The summed E-state index contributed by atoms with van der Waals surface area (Å²) in [5.41, 5.74) is 3.08. The third-order valence-corrected chi connectivity index (χ3v) is 11.1. The number of amides is 4. The number of hydrogen-bond acceptors (Lipinski definition) is 7. The van der Waals surface area contributed by atoms with Crippen LogP contribution in [0.2, 0.25) is 0 Å². The first-order chi connectivity index (χ1) is 27.2. The molecule has 3 aromatic rings. The molecule has 1 aromatic heterocycles. The predicted molar refractivity (Wildman–Crippen MR) is 220 cm³/mol. The Morgan fingerprint density at radius 2 is 1.54 bits per heavy atom. The topological polar surface area (TPSA) is 166 Å². The average molecular weight is 785 g/mol. The van der Waals surface area contributed by atoms with Crippen molar-refractivity contribution in [3.8, 4) is 0 Å². The number of hydrogen-bond donors (Lipinski definition) is 5. The lowest BCUT2D eigenvalue weighted by Gasteiger charge is -2.35. The van der Waals surface area contributed by atoms with E-state index in [4.69, 9.17) is 4.74 Å². The second-order valence-electron chi connectivity index (χ2n) is 17.5. The lowest BCUT2D eigenvalue weighted by Crippen LogP contribution is -2.58. The molecule has 5 rings (SSSR count). The summed E-state index contributed by atoms with van der Waals surface area (Å²) in [7, 11) is 0. The molecule has 1 aliphatic carbocycles. The van der Waals surface area contributed by atoms with Crippen molar-refractivity contribution in [1.82, 2.24) is 30.8 Å². The number of aliphatic hydroxyl groups is 1. The van der Waals surface area contributed by atoms with Crippen LogP contribution in [0.3, 0.4) is 0 Å². The maximum absolute atomic E-state index is 14.5. The molecule has 12 heteroatoms. The van der Waals surface area contributed by atoms with Gasteiger partial charge in [0.05, 0.1) is 18.5 Å². The number of alkyl carbamates (subject to hydrolysis) is 1. The standard InChI is InChI=1S/C45H64N6O6/c1-30(2)22-35(43(55)51-21-20-33-18-12-13-19-34(33)28-51)25-40(52)37(23-31-14-8-6-9-15-31)48-42(54)39(26-36-27-46-29-47-36)49-41(53)38(24-32-16-10-7-11-17-32)50-44(56)57-45(3,4)5/h7,10-13,16-19,27,29-31,35,37-40,52H,6,8-9,14-15,20-26,28H2,1-5H3,(H,46,47)(H,48,54)(H,49,53)(H,50,56)/t35?,37?,38-,39-,40?/m0/s1. The number of carbonyl (C=O) groups excluding carboxylic acids is 4. The Bertz CT molecular complexity index is 1740. The van der Waals surface area contributed by atoms with Crippen LogP contribution in [0.25, 0.3) is 0 Å². The van der Waals surface area contributed by atoms with Crippen molar-refractivity contribution in [2.24, 2.45) is 17.8 Å². The maximum Gasteiger partial charge on any atom is 0.408 e. The number of nitrogens with one attached hydrogen (secondary N) is 4. The van der Waals surface area contributed by atoms with E-state index < -0.39 is 53.7 Å². The summed E-state index contributed by atoms with van der Waals surface area (Å²) in [4.78, 5) is 64.8. The second-order valence-corrected chi connectivity index (χ2v) is 17.5. The molecular weight excluding hydrogens is 721 g/mol. The number of fused-ring (bicyclic) bond motifs is 1. The first-order valence-electron chi connectivity index (χ1n) is 20.9. The number of aliphatic hydroxyl groups excluding tert-OH is 1. The van der Waals surface area contributed by atoms with Crippen molar-refractivity contribution in [3.05, 3.63) is 89.5 Å². The Kier molecular flexibility index (Phi) is 15.7. The van der Waals surface area contributed by atoms with Gasteiger partial charge in [-0.05, 0) is 75.0 Å². The Morgan fingerprint density at radius 3 is 2.21 bits per heavy atom. The number of nitrogens with zero attached hydrogens (tertiary/aromatic N) is 2. The molecule has 3 unspecified atom stereocenters. The number of rotatable bonds is 17. The molecule has 4 amide bonds. The van der Waals surface area contributed by atoms with E-state index >= 15 is 0 Å². The minimum absolute atomic E-state index is 0.0336. The fraction of sp³-hybridized carbons (Fsp3) is 0.578. The Balaban J connectivity index is 1.36. The van der Waals surface area contributed by atoms with E-state index in [9.17, 15) is 24.3 Å². The van der Waals surface area contributed by atoms with Gasteiger partial charge < -0.3 is 35.7 Å². The van der Waals surface area contributed by atoms with E-state index in [1.165, 1.54) is 18.3 Å². The zero-order valence-electron chi connectivity index (χ0n) is 34.5. The third-order valence-electron chi connectivity index (χ3n) is 11.1. The largest absolute Gasteiger partial charge is 0.444 e. The molecule has 310 valence electrons. The summed E-state index contributed by atoms with van der Waals surface area (Å²) < 4.78 is 5.49. The maximum atomic E-state index is 14.5. The van der Waals surface area contributed by atoms with Crippen LogP contribution in [-0.4, -0.2) is 80.2 Å². The van der Waals surface area contributed by atoms with Gasteiger partial charge in [0.25, 0.3) is 0 Å². The summed E-state index contributed by atoms with van der Waals surface area (Å²) in [5.74, 6) is -0.875. The summed E-state index contributed by atoms with van der Waals surface area (Å²) in [6.07, 6.45) is 9.19. The highest BCUT2D eigenvalue weighted by Crippen LogP contribution is 2.31. The molecule has 2 aromatic carbocycles. The number of H-pyrrole nitrogens is 1. The smallest absolute Gasteiger partial charge is 0.408 e. The van der Waals surface area contributed by atoms with Crippen LogP contribution < -0.4 is 16.0 Å². The van der Waals surface area contributed by atoms with E-state index in [1.807, 2.05) is 47.4 Å². The van der Waals surface area contributed by atoms with Gasteiger partial charge in [-0.2, -0.15) is 0 Å². The van der Waals surface area contributed by atoms with Crippen molar-refractivity contribution in [1.29, 1.82) is 0 Å². The molecule has 1 saturated carbocycles. The minimum Gasteiger partial charge on any atom is -0.444 e. The fourth-order valence-corrected chi connectivity index (χ4v) is 8.25. The summed E-state index contributed by atoms with van der Waals surface area (Å²) in [5, 5.41) is 20.9. The molecule has 0 spiro atoms. The molecule has 1 aliphatic heterocycles. The average Bonchev–Trinajstić information content (AvgIpc) is 3.69. The van der Waals surface area contributed by atoms with Gasteiger partial charge in [-0.1, -0.05) is 101 Å². The van der Waals surface area contributed by atoms with Crippen LogP contribution in [-0.2, 0) is 44.9 Å². The number of aromatic nitrogens is 2. The normalized spacial score (nSPS) is 17.4. The van der Waals surface area contributed by atoms with Crippen LogP contribution >= 0.6 is 0 Å². The lowest BCUT2D eigenvalue weighted by atomic mass is 9.81. The minimum atomic E-state index is -1.07. The molecule has 2 heterocycles. The molecule has 2 aliphatic rings. The van der Waals surface area contributed by atoms with Gasteiger partial charge in [-0.15, -0.1) is 0 Å². The van der Waals surface area contributed by atoms with E-state index in [0.29, 0.717) is 37.5 Å². The molecular formula is C45H64N6O6. The highest BCUT2D eigenvalue weighted by molar-refractivity contribution is 5.91. The summed E-state index contributed by atoms with van der Waals surface area (Å²) >= 11 is 0. The number of carbonyl (C=O) groups is 4. The quantitative estimate of drug-likeness (QED) is 0.112. The van der Waals surface area contributed by atoms with Crippen LogP contribution in [0.4, 0.5) is 4.79 Å². The number of ether oxygens (including phenoxy) is 1. The zero-order chi connectivity index (χ0) is 41.0. The van der Waals surface area contributed by atoms with Crippen LogP contribution in [0, 0.1) is 17.8 Å². The van der Waals surface area contributed by atoms with E-state index in [2.05, 4.69) is 51.9 Å². The van der Waals surface area contributed by atoms with Crippen molar-refractivity contribution in [3.63, 3.8) is 0 Å². The summed E-state index contributed by atoms with van der Waals surface area (Å²) in [6.45, 7) is 10.6. The predicted octanol–water partition coefficient (Wildman–Crippen LogP) is 6.03. The van der Waals surface area contributed by atoms with Gasteiger partial charge in [0.1, 0.15) is 17.7 Å². The van der Waals surface area contributed by atoms with Gasteiger partial charge in [0.2, 0.25) is 17.7 Å². The van der Waals surface area contributed by atoms with Gasteiger partial charge in [0, 0.05) is 43.7 Å². The van der Waals surface area contributed by atoms with Crippen molar-refractivity contribution >= 4 is 23.8 Å². The number of aromatic amines is 1. The van der Waals surface area contributed by atoms with Crippen LogP contribution in [0.15, 0.2) is 67.1 Å². The second kappa shape index (κ2) is 20.6. The van der Waals surface area contributed by atoms with Crippen LogP contribution in [0.1, 0.15) is 108 Å². The molecule has 0 radical (unpaired) electrons. The third kappa shape index (κ3) is 13.7. The SMILES string of the molecule is CC(C)CC(CC(O)C(CC1CCCCC1)NC(=O)[C@H](Cc1cnc[nH]1)NC(=O)[C@H](Cc1ccccc1)NC(=O)OC(C)(C)C)C(=O)N1CCc2ccccc2C1. The van der Waals surface area contributed by atoms with Crippen LogP contribution in [0.5, 0.6) is 0 Å². The van der Waals surface area contributed by atoms with Crippen molar-refractivity contribution in [2.45, 2.75) is 142 Å². The number of imidazole rings is 1. The highest BCUT2D eigenvalue weighted by atomic mass is 16.6. The highest BCUT2D eigenvalue weighted by Gasteiger charge is 2.36. The van der Waals surface area contributed by atoms with Gasteiger partial charge in [-0.3, -0.25) is 14.4 Å². The molecule has 1 fully saturated rings. The van der Waals surface area contributed by atoms with Gasteiger partial charge in [0.15, 0.2) is 0 Å². The van der Waals surface area contributed by atoms with Crippen molar-refractivity contribution in [2.75, 3.05) is 6.54 Å². The monoisotopic (exact) mass is 784 g/mol. The van der Waals surface area contributed by atoms with E-state index in [-0.39, 0.29) is 31.1 Å². The van der Waals surface area contributed by atoms with E-state index in [1.54, 1.807) is 27.0 Å². The molecule has 0 bridgehead atoms. The van der Waals surface area contributed by atoms with Crippen molar-refractivity contribution < 1.29 is 29.0 Å². The molecule has 0 saturated heterocycles. The molecule has 12 nitrogen and oxygen atoms in total. The molecule has 5 N–H and O–H groups in total. The number of benzene rings is 2. The Hall–Kier alpha value is -4.71. The first kappa shape index (κ1) is 43.4. The Morgan fingerprint density at radius 1 is 0.877 bits per heavy atom. The van der Waals surface area contributed by atoms with Gasteiger partial charge >= 0.3 is 6.09 Å². The first-order valence-corrected chi connectivity index (χ1v) is 20.9. The zero-order valence-corrected chi connectivity index (χ0v) is 34.5.